The first kappa shape index (κ1) is 14.0. The minimum atomic E-state index is -0.957. The zero-order valence-corrected chi connectivity index (χ0v) is 10.7. The van der Waals surface area contributed by atoms with Gasteiger partial charge >= 0.3 is 11.9 Å². The first-order valence-corrected chi connectivity index (χ1v) is 6.41. The molecule has 4 nitrogen and oxygen atoms in total. The van der Waals surface area contributed by atoms with Gasteiger partial charge in [-0.2, -0.15) is 0 Å². The molecule has 0 saturated heterocycles. The number of aliphatic carboxylic acids is 1. The molecule has 1 aliphatic carbocycles. The third-order valence-corrected chi connectivity index (χ3v) is 3.81. The van der Waals surface area contributed by atoms with Crippen molar-refractivity contribution in [2.75, 3.05) is 0 Å². The molecule has 4 heteroatoms. The molecule has 0 aromatic carbocycles. The van der Waals surface area contributed by atoms with Crippen LogP contribution in [0.15, 0.2) is 0 Å². The van der Waals surface area contributed by atoms with Gasteiger partial charge in [0.25, 0.3) is 0 Å². The number of carbonyl (C=O) groups is 2. The van der Waals surface area contributed by atoms with E-state index >= 15 is 0 Å². The molecule has 1 fully saturated rings. The number of ether oxygens (including phenoxy) is 1. The van der Waals surface area contributed by atoms with E-state index in [4.69, 9.17) is 9.84 Å². The highest BCUT2D eigenvalue weighted by atomic mass is 16.6. The van der Waals surface area contributed by atoms with E-state index in [-0.39, 0.29) is 18.8 Å². The average molecular weight is 242 g/mol. The van der Waals surface area contributed by atoms with E-state index in [1.54, 1.807) is 0 Å². The summed E-state index contributed by atoms with van der Waals surface area (Å²) in [5.74, 6) is -0.911. The van der Waals surface area contributed by atoms with E-state index in [1.165, 1.54) is 12.8 Å². The summed E-state index contributed by atoms with van der Waals surface area (Å²) in [6.07, 6.45) is 5.23. The molecular formula is C13H22O4. The van der Waals surface area contributed by atoms with Crippen LogP contribution in [0.1, 0.15) is 58.8 Å². The molecular weight excluding hydrogens is 220 g/mol. The van der Waals surface area contributed by atoms with Gasteiger partial charge in [0.1, 0.15) is 5.60 Å². The van der Waals surface area contributed by atoms with Gasteiger partial charge in [-0.1, -0.05) is 19.8 Å². The van der Waals surface area contributed by atoms with Gasteiger partial charge < -0.3 is 9.84 Å². The standard InChI is InChI=1S/C13H22O4/c1-3-13(2,10-6-4-5-7-10)17-12(16)9-8-11(14)15/h10H,3-9H2,1-2H3,(H,14,15). The molecule has 0 aromatic heterocycles. The fraction of sp³-hybridized carbons (Fsp3) is 0.846. The van der Waals surface area contributed by atoms with Crippen molar-refractivity contribution in [3.63, 3.8) is 0 Å². The third-order valence-electron chi connectivity index (χ3n) is 3.81. The second kappa shape index (κ2) is 6.03. The van der Waals surface area contributed by atoms with Crippen molar-refractivity contribution in [1.82, 2.24) is 0 Å². The Balaban J connectivity index is 2.49. The maximum atomic E-state index is 11.6. The first-order chi connectivity index (χ1) is 7.98. The number of esters is 1. The van der Waals surface area contributed by atoms with Gasteiger partial charge in [-0.3, -0.25) is 9.59 Å². The van der Waals surface area contributed by atoms with Crippen molar-refractivity contribution in [2.24, 2.45) is 5.92 Å². The van der Waals surface area contributed by atoms with Gasteiger partial charge in [0.05, 0.1) is 12.8 Å². The van der Waals surface area contributed by atoms with E-state index in [2.05, 4.69) is 0 Å². The summed E-state index contributed by atoms with van der Waals surface area (Å²) >= 11 is 0. The van der Waals surface area contributed by atoms with Crippen LogP contribution in [0.2, 0.25) is 0 Å². The Morgan fingerprint density at radius 1 is 1.29 bits per heavy atom. The van der Waals surface area contributed by atoms with Crippen LogP contribution in [0.3, 0.4) is 0 Å². The summed E-state index contributed by atoms with van der Waals surface area (Å²) in [5.41, 5.74) is -0.411. The Morgan fingerprint density at radius 3 is 2.35 bits per heavy atom. The van der Waals surface area contributed by atoms with E-state index in [1.807, 2.05) is 13.8 Å². The third kappa shape index (κ3) is 4.02. The fourth-order valence-electron chi connectivity index (χ4n) is 2.50. The van der Waals surface area contributed by atoms with Crippen LogP contribution in [0.5, 0.6) is 0 Å². The summed E-state index contributed by atoms with van der Waals surface area (Å²) in [5, 5.41) is 8.52. The Labute approximate surface area is 102 Å². The van der Waals surface area contributed by atoms with Crippen LogP contribution in [0.4, 0.5) is 0 Å². The molecule has 0 amide bonds. The molecule has 0 radical (unpaired) electrons. The highest BCUT2D eigenvalue weighted by Crippen LogP contribution is 2.38. The molecule has 98 valence electrons. The number of carboxylic acid groups (broad SMARTS) is 1. The lowest BCUT2D eigenvalue weighted by Crippen LogP contribution is -2.38. The number of hydrogen-bond donors (Lipinski definition) is 1. The topological polar surface area (TPSA) is 63.6 Å². The molecule has 1 unspecified atom stereocenters. The summed E-state index contributed by atoms with van der Waals surface area (Å²) in [4.78, 5) is 22.0. The summed E-state index contributed by atoms with van der Waals surface area (Å²) < 4.78 is 5.52. The largest absolute Gasteiger partial charge is 0.481 e. The van der Waals surface area contributed by atoms with Gasteiger partial charge in [0.2, 0.25) is 0 Å². The average Bonchev–Trinajstić information content (AvgIpc) is 2.80. The SMILES string of the molecule is CCC(C)(OC(=O)CCC(=O)O)C1CCCC1. The monoisotopic (exact) mass is 242 g/mol. The maximum Gasteiger partial charge on any atom is 0.306 e. The predicted molar refractivity (Wildman–Crippen MR) is 63.6 cm³/mol. The molecule has 0 heterocycles. The quantitative estimate of drug-likeness (QED) is 0.727. The van der Waals surface area contributed by atoms with Crippen LogP contribution in [-0.4, -0.2) is 22.6 Å². The lowest BCUT2D eigenvalue weighted by molar-refractivity contribution is -0.165. The second-order valence-corrected chi connectivity index (χ2v) is 5.02. The molecule has 1 saturated carbocycles. The van der Waals surface area contributed by atoms with Gasteiger partial charge in [-0.25, -0.2) is 0 Å². The van der Waals surface area contributed by atoms with Crippen molar-refractivity contribution in [2.45, 2.75) is 64.4 Å². The van der Waals surface area contributed by atoms with Crippen LogP contribution in [0, 0.1) is 5.92 Å². The van der Waals surface area contributed by atoms with Gasteiger partial charge in [0, 0.05) is 0 Å². The van der Waals surface area contributed by atoms with Gasteiger partial charge in [-0.05, 0) is 32.1 Å². The summed E-state index contributed by atoms with van der Waals surface area (Å²) in [6.45, 7) is 3.99. The summed E-state index contributed by atoms with van der Waals surface area (Å²) in [6, 6.07) is 0. The molecule has 0 spiro atoms. The zero-order valence-electron chi connectivity index (χ0n) is 10.7. The fourth-order valence-corrected chi connectivity index (χ4v) is 2.50. The highest BCUT2D eigenvalue weighted by molar-refractivity contribution is 5.76. The zero-order chi connectivity index (χ0) is 12.9. The Bertz CT molecular complexity index is 281. The van der Waals surface area contributed by atoms with E-state index in [0.29, 0.717) is 5.92 Å². The van der Waals surface area contributed by atoms with E-state index < -0.39 is 11.6 Å². The molecule has 1 rings (SSSR count). The molecule has 17 heavy (non-hydrogen) atoms. The van der Waals surface area contributed by atoms with Crippen molar-refractivity contribution in [1.29, 1.82) is 0 Å². The van der Waals surface area contributed by atoms with Crippen LogP contribution >= 0.6 is 0 Å². The van der Waals surface area contributed by atoms with Crippen LogP contribution < -0.4 is 0 Å². The first-order valence-electron chi connectivity index (χ1n) is 6.41. The van der Waals surface area contributed by atoms with Gasteiger partial charge in [-0.15, -0.1) is 0 Å². The summed E-state index contributed by atoms with van der Waals surface area (Å²) in [7, 11) is 0. The molecule has 0 aromatic rings. The van der Waals surface area contributed by atoms with Crippen molar-refractivity contribution in [3.8, 4) is 0 Å². The normalized spacial score (nSPS) is 19.9. The maximum absolute atomic E-state index is 11.6. The second-order valence-electron chi connectivity index (χ2n) is 5.02. The number of carbonyl (C=O) groups excluding carboxylic acids is 1. The predicted octanol–water partition coefficient (Wildman–Crippen LogP) is 2.75. The van der Waals surface area contributed by atoms with E-state index in [9.17, 15) is 9.59 Å². The van der Waals surface area contributed by atoms with Crippen LogP contribution in [0.25, 0.3) is 0 Å². The van der Waals surface area contributed by atoms with Crippen molar-refractivity contribution < 1.29 is 19.4 Å². The minimum absolute atomic E-state index is 0.0301. The number of rotatable bonds is 6. The Morgan fingerprint density at radius 2 is 1.88 bits per heavy atom. The number of carboxylic acids is 1. The van der Waals surface area contributed by atoms with E-state index in [0.717, 1.165) is 19.3 Å². The highest BCUT2D eigenvalue weighted by Gasteiger charge is 2.37. The lowest BCUT2D eigenvalue weighted by atomic mass is 9.85. The lowest BCUT2D eigenvalue weighted by Gasteiger charge is -2.34. The number of hydrogen-bond acceptors (Lipinski definition) is 3. The molecule has 0 bridgehead atoms. The van der Waals surface area contributed by atoms with Crippen molar-refractivity contribution in [3.05, 3.63) is 0 Å². The van der Waals surface area contributed by atoms with Crippen molar-refractivity contribution >= 4 is 11.9 Å². The molecule has 1 N–H and O–H groups in total. The minimum Gasteiger partial charge on any atom is -0.481 e. The molecule has 0 aliphatic heterocycles. The Hall–Kier alpha value is -1.06. The Kier molecular flexibility index (Phi) is 4.97. The smallest absolute Gasteiger partial charge is 0.306 e. The van der Waals surface area contributed by atoms with Crippen LogP contribution in [-0.2, 0) is 14.3 Å². The van der Waals surface area contributed by atoms with Gasteiger partial charge in [0.15, 0.2) is 0 Å². The molecule has 1 atom stereocenters. The molecule has 1 aliphatic rings.